The number of nitrogen functional groups attached to an aromatic ring is 1. The Morgan fingerprint density at radius 2 is 1.94 bits per heavy atom. The van der Waals surface area contributed by atoms with Crippen molar-refractivity contribution in [1.29, 1.82) is 0 Å². The molecule has 1 heterocycles. The molecule has 0 spiro atoms. The highest BCUT2D eigenvalue weighted by Gasteiger charge is 2.30. The summed E-state index contributed by atoms with van der Waals surface area (Å²) in [5.74, 6) is 0.813. The molecule has 1 amide bonds. The van der Waals surface area contributed by atoms with Gasteiger partial charge in [0.25, 0.3) is 0 Å². The number of hydrogen-bond donors (Lipinski definition) is 1. The maximum absolute atomic E-state index is 12.9. The Bertz CT molecular complexity index is 973. The van der Waals surface area contributed by atoms with Crippen molar-refractivity contribution in [2.75, 3.05) is 39.5 Å². The maximum Gasteiger partial charge on any atom is 0.410 e. The average molecular weight is 472 g/mol. The van der Waals surface area contributed by atoms with Gasteiger partial charge >= 0.3 is 6.09 Å². The topological polar surface area (TPSA) is 68.0 Å². The fourth-order valence-electron chi connectivity index (χ4n) is 3.86. The Morgan fingerprint density at radius 1 is 1.21 bits per heavy atom. The van der Waals surface area contributed by atoms with E-state index in [-0.39, 0.29) is 18.2 Å². The lowest BCUT2D eigenvalue weighted by Crippen LogP contribution is -2.38. The summed E-state index contributed by atoms with van der Waals surface area (Å²) in [4.78, 5) is 16.7. The van der Waals surface area contributed by atoms with Crippen LogP contribution in [0.1, 0.15) is 43.9 Å². The minimum atomic E-state index is -0.326. The van der Waals surface area contributed by atoms with Crippen molar-refractivity contribution in [3.8, 4) is 5.75 Å². The smallest absolute Gasteiger partial charge is 0.410 e. The monoisotopic (exact) mass is 471 g/mol. The van der Waals surface area contributed by atoms with Crippen molar-refractivity contribution in [3.05, 3.63) is 64.7 Å². The average Bonchev–Trinajstić information content (AvgIpc) is 2.78. The summed E-state index contributed by atoms with van der Waals surface area (Å²) in [7, 11) is 4.10. The molecule has 0 radical (unpaired) electrons. The Hall–Kier alpha value is -2.70. The number of rotatable bonds is 8. The summed E-state index contributed by atoms with van der Waals surface area (Å²) in [6.45, 7) is 5.87. The Morgan fingerprint density at radius 3 is 2.61 bits per heavy atom. The van der Waals surface area contributed by atoms with E-state index in [0.717, 1.165) is 35.4 Å². The fourth-order valence-corrected chi connectivity index (χ4v) is 4.03. The molecule has 0 bridgehead atoms. The molecule has 0 saturated heterocycles. The van der Waals surface area contributed by atoms with Gasteiger partial charge in [-0.05, 0) is 82.3 Å². The van der Waals surface area contributed by atoms with Crippen LogP contribution in [0.25, 0.3) is 5.57 Å². The molecule has 0 aromatic heterocycles. The van der Waals surface area contributed by atoms with Gasteiger partial charge in [0.1, 0.15) is 5.75 Å². The molecule has 0 fully saturated rings. The number of benzene rings is 2. The molecular formula is C26H34ClN3O3. The van der Waals surface area contributed by atoms with Crippen molar-refractivity contribution in [1.82, 2.24) is 9.80 Å². The van der Waals surface area contributed by atoms with Crippen LogP contribution in [0.3, 0.4) is 0 Å². The molecule has 1 aliphatic heterocycles. The highest BCUT2D eigenvalue weighted by molar-refractivity contribution is 6.30. The normalized spacial score (nSPS) is 16.2. The van der Waals surface area contributed by atoms with E-state index in [1.54, 1.807) is 11.0 Å². The number of carbonyl (C=O) groups excluding carboxylic acids is 1. The van der Waals surface area contributed by atoms with E-state index in [0.29, 0.717) is 30.3 Å². The largest absolute Gasteiger partial charge is 0.494 e. The van der Waals surface area contributed by atoms with E-state index in [4.69, 9.17) is 26.8 Å². The molecule has 7 heteroatoms. The van der Waals surface area contributed by atoms with Crippen molar-refractivity contribution in [2.45, 2.75) is 38.8 Å². The van der Waals surface area contributed by atoms with Gasteiger partial charge in [0.2, 0.25) is 0 Å². The second kappa shape index (κ2) is 11.4. The highest BCUT2D eigenvalue weighted by atomic mass is 35.5. The molecule has 33 heavy (non-hydrogen) atoms. The van der Waals surface area contributed by atoms with Crippen molar-refractivity contribution < 1.29 is 14.3 Å². The second-order valence-corrected chi connectivity index (χ2v) is 9.25. The minimum absolute atomic E-state index is 0.190. The van der Waals surface area contributed by atoms with E-state index in [1.165, 1.54) is 0 Å². The zero-order valence-corrected chi connectivity index (χ0v) is 20.6. The van der Waals surface area contributed by atoms with Crippen LogP contribution in [0.2, 0.25) is 5.02 Å². The van der Waals surface area contributed by atoms with Crippen LogP contribution >= 0.6 is 11.6 Å². The summed E-state index contributed by atoms with van der Waals surface area (Å²) >= 11 is 6.23. The summed E-state index contributed by atoms with van der Waals surface area (Å²) in [6, 6.07) is 13.1. The van der Waals surface area contributed by atoms with E-state index in [2.05, 4.69) is 11.0 Å². The van der Waals surface area contributed by atoms with E-state index in [9.17, 15) is 4.79 Å². The highest BCUT2D eigenvalue weighted by Crippen LogP contribution is 2.37. The van der Waals surface area contributed by atoms with Crippen LogP contribution in [0.5, 0.6) is 5.75 Å². The molecule has 0 saturated carbocycles. The van der Waals surface area contributed by atoms with Gasteiger partial charge in [0.05, 0.1) is 18.8 Å². The van der Waals surface area contributed by atoms with E-state index < -0.39 is 0 Å². The number of amides is 1. The van der Waals surface area contributed by atoms with Crippen LogP contribution in [0, 0.1) is 0 Å². The predicted octanol–water partition coefficient (Wildman–Crippen LogP) is 5.63. The molecule has 1 aliphatic rings. The number of nitrogens with two attached hydrogens (primary N) is 1. The van der Waals surface area contributed by atoms with Gasteiger partial charge in [-0.3, -0.25) is 4.90 Å². The molecule has 2 N–H and O–H groups in total. The molecule has 2 aromatic rings. The lowest BCUT2D eigenvalue weighted by atomic mass is 9.91. The SMILES string of the molecule is CC(C)OC(=O)N1CCC(c2cc(Cl)ccc2N)=CC1c1ccc(OCCCN(C)C)cc1. The van der Waals surface area contributed by atoms with Crippen LogP contribution in [0.4, 0.5) is 10.5 Å². The molecular weight excluding hydrogens is 438 g/mol. The molecule has 178 valence electrons. The number of halogens is 1. The predicted molar refractivity (Wildman–Crippen MR) is 135 cm³/mol. The lowest BCUT2D eigenvalue weighted by molar-refractivity contribution is 0.0684. The van der Waals surface area contributed by atoms with E-state index >= 15 is 0 Å². The summed E-state index contributed by atoms with van der Waals surface area (Å²) < 4.78 is 11.4. The standard InChI is InChI=1S/C26H34ClN3O3/c1-18(2)33-26(31)30-14-12-20(23-17-21(27)8-11-24(23)28)16-25(30)19-6-9-22(10-7-19)32-15-5-13-29(3)4/h6-11,16-18,25H,5,12-15,28H2,1-4H3. The summed E-state index contributed by atoms with van der Waals surface area (Å²) in [5.41, 5.74) is 9.86. The molecule has 1 atom stereocenters. The number of ether oxygens (including phenoxy) is 2. The first-order valence-electron chi connectivity index (χ1n) is 11.4. The summed E-state index contributed by atoms with van der Waals surface area (Å²) in [6.07, 6.45) is 3.19. The molecule has 2 aromatic carbocycles. The van der Waals surface area contributed by atoms with E-state index in [1.807, 2.05) is 64.3 Å². The second-order valence-electron chi connectivity index (χ2n) is 8.82. The molecule has 6 nitrogen and oxygen atoms in total. The van der Waals surface area contributed by atoms with Crippen LogP contribution < -0.4 is 10.5 Å². The number of nitrogens with zero attached hydrogens (tertiary/aromatic N) is 2. The fraction of sp³-hybridized carbons (Fsp3) is 0.423. The quantitative estimate of drug-likeness (QED) is 0.399. The Labute approximate surface area is 201 Å². The first kappa shape index (κ1) is 24.9. The third kappa shape index (κ3) is 6.89. The zero-order valence-electron chi connectivity index (χ0n) is 19.9. The van der Waals surface area contributed by atoms with Gasteiger partial charge in [-0.15, -0.1) is 0 Å². The Balaban J connectivity index is 1.85. The van der Waals surface area contributed by atoms with Gasteiger partial charge in [-0.2, -0.15) is 0 Å². The third-order valence-electron chi connectivity index (χ3n) is 5.49. The van der Waals surface area contributed by atoms with Gasteiger partial charge in [0, 0.05) is 29.4 Å². The maximum atomic E-state index is 12.9. The van der Waals surface area contributed by atoms with Crippen LogP contribution in [-0.4, -0.2) is 55.8 Å². The first-order chi connectivity index (χ1) is 15.7. The molecule has 3 rings (SSSR count). The third-order valence-corrected chi connectivity index (χ3v) is 5.72. The van der Waals surface area contributed by atoms with Crippen molar-refractivity contribution in [2.24, 2.45) is 0 Å². The van der Waals surface area contributed by atoms with Crippen molar-refractivity contribution in [3.63, 3.8) is 0 Å². The first-order valence-corrected chi connectivity index (χ1v) is 11.7. The number of anilines is 1. The zero-order chi connectivity index (χ0) is 24.0. The van der Waals surface area contributed by atoms with Gasteiger partial charge in [-0.1, -0.05) is 29.8 Å². The lowest BCUT2D eigenvalue weighted by Gasteiger charge is -2.35. The molecule has 0 aliphatic carbocycles. The van der Waals surface area contributed by atoms with Crippen LogP contribution in [0.15, 0.2) is 48.5 Å². The van der Waals surface area contributed by atoms with Crippen LogP contribution in [-0.2, 0) is 4.74 Å². The van der Waals surface area contributed by atoms with Gasteiger partial charge in [0.15, 0.2) is 0 Å². The number of hydrogen-bond acceptors (Lipinski definition) is 5. The van der Waals surface area contributed by atoms with Crippen molar-refractivity contribution >= 4 is 29.0 Å². The molecule has 1 unspecified atom stereocenters. The Kier molecular flexibility index (Phi) is 8.64. The van der Waals surface area contributed by atoms with Gasteiger partial charge in [-0.25, -0.2) is 4.79 Å². The summed E-state index contributed by atoms with van der Waals surface area (Å²) in [5, 5.41) is 0.633. The number of carbonyl (C=O) groups is 1. The van der Waals surface area contributed by atoms with Gasteiger partial charge < -0.3 is 20.1 Å². The minimum Gasteiger partial charge on any atom is -0.494 e.